The number of para-hydroxylation sites is 2. The molecule has 3 aromatic rings. The monoisotopic (exact) mass is 379 g/mol. The maximum absolute atomic E-state index is 12.4. The van der Waals surface area contributed by atoms with E-state index in [0.717, 1.165) is 22.2 Å². The van der Waals surface area contributed by atoms with Gasteiger partial charge in [0, 0.05) is 10.6 Å². The normalized spacial score (nSPS) is 11.0. The lowest BCUT2D eigenvalue weighted by molar-refractivity contribution is 0.252. The lowest BCUT2D eigenvalue weighted by Gasteiger charge is -2.10. The average molecular weight is 379 g/mol. The summed E-state index contributed by atoms with van der Waals surface area (Å²) in [5, 5.41) is 8.87. The zero-order chi connectivity index (χ0) is 17.6. The van der Waals surface area contributed by atoms with Crippen LogP contribution in [0.5, 0.6) is 5.75 Å². The number of benzene rings is 2. The molecule has 3 rings (SSSR count). The van der Waals surface area contributed by atoms with Gasteiger partial charge in [0.15, 0.2) is 5.16 Å². The van der Waals surface area contributed by atoms with Gasteiger partial charge in [0.25, 0.3) is 5.76 Å². The van der Waals surface area contributed by atoms with Gasteiger partial charge in [-0.05, 0) is 29.8 Å². The van der Waals surface area contributed by atoms with Crippen molar-refractivity contribution < 1.29 is 13.5 Å². The van der Waals surface area contributed by atoms with Crippen LogP contribution in [-0.2, 0) is 5.75 Å². The van der Waals surface area contributed by atoms with E-state index in [1.807, 2.05) is 41.0 Å². The molecule has 0 aliphatic carbocycles. The number of hydrogen-bond donors (Lipinski definition) is 0. The molecular formula is C17H15F2N3OS2. The fraction of sp³-hybridized carbons (Fsp3) is 0.176. The molecule has 0 atom stereocenters. The Morgan fingerprint density at radius 1 is 1.12 bits per heavy atom. The number of rotatable bonds is 7. The molecule has 2 aromatic carbocycles. The molecule has 0 radical (unpaired) electrons. The van der Waals surface area contributed by atoms with E-state index in [2.05, 4.69) is 10.2 Å². The highest BCUT2D eigenvalue weighted by Gasteiger charge is 2.11. The van der Waals surface area contributed by atoms with Gasteiger partial charge in [-0.3, -0.25) is 4.57 Å². The molecule has 8 heteroatoms. The van der Waals surface area contributed by atoms with E-state index in [4.69, 9.17) is 4.74 Å². The van der Waals surface area contributed by atoms with E-state index in [1.54, 1.807) is 25.6 Å². The van der Waals surface area contributed by atoms with Gasteiger partial charge in [-0.25, -0.2) is 0 Å². The summed E-state index contributed by atoms with van der Waals surface area (Å²) in [7, 11) is 1.62. The molecule has 0 aliphatic rings. The highest BCUT2D eigenvalue weighted by Crippen LogP contribution is 2.29. The van der Waals surface area contributed by atoms with Crippen LogP contribution in [0.15, 0.2) is 64.9 Å². The maximum atomic E-state index is 12.4. The van der Waals surface area contributed by atoms with Crippen LogP contribution in [0.2, 0.25) is 0 Å². The van der Waals surface area contributed by atoms with E-state index >= 15 is 0 Å². The Morgan fingerprint density at radius 2 is 1.88 bits per heavy atom. The number of nitrogens with zero attached hydrogens (tertiary/aromatic N) is 3. The second-order valence-corrected chi connectivity index (χ2v) is 6.97. The van der Waals surface area contributed by atoms with Gasteiger partial charge >= 0.3 is 0 Å². The molecule has 0 N–H and O–H groups in total. The molecule has 0 bridgehead atoms. The van der Waals surface area contributed by atoms with Gasteiger partial charge in [-0.1, -0.05) is 47.8 Å². The average Bonchev–Trinajstić information content (AvgIpc) is 3.09. The molecule has 0 unspecified atom stereocenters. The summed E-state index contributed by atoms with van der Waals surface area (Å²) in [5.41, 5.74) is 1.89. The van der Waals surface area contributed by atoms with Gasteiger partial charge in [-0.2, -0.15) is 8.78 Å². The summed E-state index contributed by atoms with van der Waals surface area (Å²) in [6.07, 6.45) is 1.64. The van der Waals surface area contributed by atoms with E-state index in [9.17, 15) is 8.78 Å². The molecular weight excluding hydrogens is 364 g/mol. The molecule has 0 saturated carbocycles. The molecule has 0 saturated heterocycles. The van der Waals surface area contributed by atoms with Crippen molar-refractivity contribution in [3.63, 3.8) is 0 Å². The summed E-state index contributed by atoms with van der Waals surface area (Å²) in [6.45, 7) is 0. The minimum atomic E-state index is -2.40. The zero-order valence-electron chi connectivity index (χ0n) is 13.3. The molecule has 0 amide bonds. The standard InChI is InChI=1S/C17H15F2N3OS2/c1-23-15-5-3-2-4-14(15)22-11-20-21-17(22)24-10-12-6-8-13(9-7-12)25-16(18)19/h2-9,11,16H,10H2,1H3. The highest BCUT2D eigenvalue weighted by atomic mass is 32.2. The van der Waals surface area contributed by atoms with Crippen LogP contribution in [0.1, 0.15) is 5.56 Å². The SMILES string of the molecule is COc1ccccc1-n1cnnc1SCc1ccc(SC(F)F)cc1. The van der Waals surface area contributed by atoms with Crippen molar-refractivity contribution in [1.29, 1.82) is 0 Å². The zero-order valence-corrected chi connectivity index (χ0v) is 14.9. The Hall–Kier alpha value is -2.06. The summed E-state index contributed by atoms with van der Waals surface area (Å²) in [6, 6.07) is 14.7. The quantitative estimate of drug-likeness (QED) is 0.547. The van der Waals surface area contributed by atoms with E-state index in [1.165, 1.54) is 11.8 Å². The Kier molecular flexibility index (Phi) is 5.93. The molecule has 4 nitrogen and oxygen atoms in total. The topological polar surface area (TPSA) is 39.9 Å². The van der Waals surface area contributed by atoms with Crippen molar-refractivity contribution >= 4 is 23.5 Å². The van der Waals surface area contributed by atoms with Crippen molar-refractivity contribution in [1.82, 2.24) is 14.8 Å². The van der Waals surface area contributed by atoms with Crippen LogP contribution in [0, 0.1) is 0 Å². The Labute approximate surface area is 152 Å². The molecule has 1 aromatic heterocycles. The van der Waals surface area contributed by atoms with Crippen LogP contribution in [0.4, 0.5) is 8.78 Å². The minimum absolute atomic E-state index is 0.546. The summed E-state index contributed by atoms with van der Waals surface area (Å²) >= 11 is 2.07. The Morgan fingerprint density at radius 3 is 2.60 bits per heavy atom. The van der Waals surface area contributed by atoms with E-state index in [0.29, 0.717) is 22.4 Å². The molecule has 0 fully saturated rings. The van der Waals surface area contributed by atoms with Gasteiger partial charge in [0.05, 0.1) is 12.8 Å². The number of ether oxygens (including phenoxy) is 1. The number of hydrogen-bond acceptors (Lipinski definition) is 5. The fourth-order valence-electron chi connectivity index (χ4n) is 2.23. The van der Waals surface area contributed by atoms with Crippen LogP contribution >= 0.6 is 23.5 Å². The van der Waals surface area contributed by atoms with Gasteiger partial charge in [0.1, 0.15) is 12.1 Å². The lowest BCUT2D eigenvalue weighted by atomic mass is 10.2. The maximum Gasteiger partial charge on any atom is 0.288 e. The van der Waals surface area contributed by atoms with Crippen molar-refractivity contribution in [3.8, 4) is 11.4 Å². The Balaban J connectivity index is 1.72. The molecule has 1 heterocycles. The molecule has 25 heavy (non-hydrogen) atoms. The summed E-state index contributed by atoms with van der Waals surface area (Å²) in [4.78, 5) is 0.556. The number of aromatic nitrogens is 3. The van der Waals surface area contributed by atoms with Gasteiger partial charge in [-0.15, -0.1) is 10.2 Å². The van der Waals surface area contributed by atoms with Crippen molar-refractivity contribution in [2.24, 2.45) is 0 Å². The largest absolute Gasteiger partial charge is 0.495 e. The van der Waals surface area contributed by atoms with Crippen molar-refractivity contribution in [2.75, 3.05) is 7.11 Å². The van der Waals surface area contributed by atoms with Gasteiger partial charge < -0.3 is 4.74 Å². The van der Waals surface area contributed by atoms with E-state index in [-0.39, 0.29) is 0 Å². The third-order valence-corrected chi connectivity index (χ3v) is 5.11. The second-order valence-electron chi connectivity index (χ2n) is 4.97. The summed E-state index contributed by atoms with van der Waals surface area (Å²) < 4.78 is 32.0. The van der Waals surface area contributed by atoms with Crippen LogP contribution < -0.4 is 4.74 Å². The van der Waals surface area contributed by atoms with E-state index < -0.39 is 5.76 Å². The third-order valence-electron chi connectivity index (χ3n) is 3.38. The van der Waals surface area contributed by atoms with Gasteiger partial charge in [0.2, 0.25) is 0 Å². The molecule has 0 spiro atoms. The number of alkyl halides is 2. The predicted molar refractivity (Wildman–Crippen MR) is 95.8 cm³/mol. The van der Waals surface area contributed by atoms with Crippen LogP contribution in [0.3, 0.4) is 0 Å². The van der Waals surface area contributed by atoms with Crippen molar-refractivity contribution in [2.45, 2.75) is 21.6 Å². The predicted octanol–water partition coefficient (Wildman–Crippen LogP) is 4.88. The summed E-state index contributed by atoms with van der Waals surface area (Å²) in [5.74, 6) is -1.01. The molecule has 130 valence electrons. The molecule has 0 aliphatic heterocycles. The first-order valence-electron chi connectivity index (χ1n) is 7.37. The first-order chi connectivity index (χ1) is 12.2. The second kappa shape index (κ2) is 8.35. The first-order valence-corrected chi connectivity index (χ1v) is 9.24. The smallest absolute Gasteiger partial charge is 0.288 e. The van der Waals surface area contributed by atoms with Crippen molar-refractivity contribution in [3.05, 3.63) is 60.4 Å². The highest BCUT2D eigenvalue weighted by molar-refractivity contribution is 7.99. The lowest BCUT2D eigenvalue weighted by Crippen LogP contribution is -1.98. The Bertz CT molecular complexity index is 825. The van der Waals surface area contributed by atoms with Crippen LogP contribution in [-0.4, -0.2) is 27.6 Å². The number of halogens is 2. The number of methoxy groups -OCH3 is 1. The van der Waals surface area contributed by atoms with Crippen LogP contribution in [0.25, 0.3) is 5.69 Å². The number of thioether (sulfide) groups is 2. The first kappa shape index (κ1) is 17.8. The fourth-order valence-corrected chi connectivity index (χ4v) is 3.61. The minimum Gasteiger partial charge on any atom is -0.495 e. The third kappa shape index (κ3) is 4.52.